The van der Waals surface area contributed by atoms with E-state index in [0.29, 0.717) is 15.0 Å². The fourth-order valence-corrected chi connectivity index (χ4v) is 4.63. The molecule has 7 nitrogen and oxygen atoms in total. The normalized spacial score (nSPS) is 12.1. The third-order valence-corrected chi connectivity index (χ3v) is 6.22. The van der Waals surface area contributed by atoms with Crippen molar-refractivity contribution in [2.24, 2.45) is 10.1 Å². The second kappa shape index (κ2) is 8.21. The minimum absolute atomic E-state index is 0.00862. The zero-order chi connectivity index (χ0) is 21.2. The van der Waals surface area contributed by atoms with Crippen LogP contribution in [0, 0.1) is 19.3 Å². The van der Waals surface area contributed by atoms with Crippen LogP contribution in [0.5, 0.6) is 5.75 Å². The Kier molecular flexibility index (Phi) is 5.88. The molecular formula is C20H19N3O4S2. The number of ether oxygens (including phenoxy) is 1. The molecule has 0 radical (unpaired) electrons. The molecule has 29 heavy (non-hydrogen) atoms. The van der Waals surface area contributed by atoms with Crippen molar-refractivity contribution in [1.82, 2.24) is 4.57 Å². The lowest BCUT2D eigenvalue weighted by Crippen LogP contribution is -2.17. The molecule has 0 spiro atoms. The van der Waals surface area contributed by atoms with E-state index in [1.807, 2.05) is 25.1 Å². The zero-order valence-corrected chi connectivity index (χ0v) is 17.5. The number of thiazole rings is 1. The first-order chi connectivity index (χ1) is 13.7. The van der Waals surface area contributed by atoms with Crippen LogP contribution >= 0.6 is 11.3 Å². The number of amides is 1. The van der Waals surface area contributed by atoms with Crippen LogP contribution < -0.4 is 14.7 Å². The lowest BCUT2D eigenvalue weighted by atomic mass is 10.1. The number of carbonyl (C=O) groups excluding carboxylic acids is 1. The van der Waals surface area contributed by atoms with Gasteiger partial charge < -0.3 is 9.30 Å². The molecule has 1 amide bonds. The molecule has 0 aliphatic rings. The highest BCUT2D eigenvalue weighted by molar-refractivity contribution is 7.89. The van der Waals surface area contributed by atoms with Crippen molar-refractivity contribution >= 4 is 37.5 Å². The average molecular weight is 430 g/mol. The summed E-state index contributed by atoms with van der Waals surface area (Å²) in [6.07, 6.45) is 5.58. The molecule has 0 aliphatic carbocycles. The molecule has 0 aliphatic heterocycles. The molecule has 0 saturated carbocycles. The Morgan fingerprint density at radius 2 is 2.07 bits per heavy atom. The van der Waals surface area contributed by atoms with Crippen molar-refractivity contribution < 1.29 is 17.9 Å². The van der Waals surface area contributed by atoms with E-state index in [1.54, 1.807) is 17.7 Å². The van der Waals surface area contributed by atoms with Gasteiger partial charge in [0.1, 0.15) is 5.75 Å². The van der Waals surface area contributed by atoms with Crippen LogP contribution in [-0.2, 0) is 27.8 Å². The molecule has 0 atom stereocenters. The Bertz CT molecular complexity index is 1310. The van der Waals surface area contributed by atoms with Crippen molar-refractivity contribution in [2.45, 2.75) is 24.8 Å². The number of nitrogens with two attached hydrogens (primary N) is 1. The standard InChI is InChI=1S/C20H19N3O4S2/c1-4-9-23-16-7-6-15(29(21,25)26)12-18(16)28-20(23)22-19(24)11-14-5-8-17(27-3)13(2)10-14/h1,5-8,10,12H,9,11H2,2-3H3,(H2,21,25,26). The summed E-state index contributed by atoms with van der Waals surface area (Å²) in [7, 11) is -2.24. The van der Waals surface area contributed by atoms with Crippen molar-refractivity contribution in [2.75, 3.05) is 7.11 Å². The van der Waals surface area contributed by atoms with Gasteiger partial charge >= 0.3 is 0 Å². The van der Waals surface area contributed by atoms with Crippen molar-refractivity contribution in [3.8, 4) is 18.1 Å². The van der Waals surface area contributed by atoms with Crippen LogP contribution in [0.25, 0.3) is 10.2 Å². The van der Waals surface area contributed by atoms with Gasteiger partial charge in [0, 0.05) is 0 Å². The van der Waals surface area contributed by atoms with Gasteiger partial charge in [0.2, 0.25) is 10.0 Å². The second-order valence-corrected chi connectivity index (χ2v) is 8.91. The monoisotopic (exact) mass is 429 g/mol. The summed E-state index contributed by atoms with van der Waals surface area (Å²) in [6.45, 7) is 2.10. The zero-order valence-electron chi connectivity index (χ0n) is 15.9. The summed E-state index contributed by atoms with van der Waals surface area (Å²) in [5.74, 6) is 2.95. The minimum Gasteiger partial charge on any atom is -0.496 e. The van der Waals surface area contributed by atoms with Gasteiger partial charge in [-0.05, 0) is 42.3 Å². The van der Waals surface area contributed by atoms with Crippen molar-refractivity contribution in [3.63, 3.8) is 0 Å². The maximum atomic E-state index is 12.5. The average Bonchev–Trinajstić information content (AvgIpc) is 2.98. The highest BCUT2D eigenvalue weighted by Gasteiger charge is 2.13. The third-order valence-electron chi connectivity index (χ3n) is 4.27. The van der Waals surface area contributed by atoms with Crippen LogP contribution in [0.15, 0.2) is 46.3 Å². The van der Waals surface area contributed by atoms with E-state index in [2.05, 4.69) is 10.9 Å². The third kappa shape index (κ3) is 4.56. The van der Waals surface area contributed by atoms with Crippen LogP contribution in [-0.4, -0.2) is 26.0 Å². The quantitative estimate of drug-likeness (QED) is 0.626. The number of nitrogens with zero attached hydrogens (tertiary/aromatic N) is 2. The number of fused-ring (bicyclic) bond motifs is 1. The number of terminal acetylenes is 1. The van der Waals surface area contributed by atoms with E-state index < -0.39 is 10.0 Å². The number of sulfonamides is 1. The first kappa shape index (κ1) is 20.8. The van der Waals surface area contributed by atoms with Gasteiger partial charge in [-0.2, -0.15) is 4.99 Å². The number of primary sulfonamides is 1. The van der Waals surface area contributed by atoms with Crippen LogP contribution in [0.3, 0.4) is 0 Å². The molecule has 2 aromatic carbocycles. The molecule has 2 N–H and O–H groups in total. The molecule has 0 saturated heterocycles. The molecular weight excluding hydrogens is 410 g/mol. The number of benzene rings is 2. The Hall–Kier alpha value is -2.93. The Morgan fingerprint density at radius 1 is 1.31 bits per heavy atom. The first-order valence-corrected chi connectivity index (χ1v) is 10.9. The van der Waals surface area contributed by atoms with Gasteiger partial charge in [-0.15, -0.1) is 6.42 Å². The summed E-state index contributed by atoms with van der Waals surface area (Å²) < 4.78 is 30.8. The highest BCUT2D eigenvalue weighted by atomic mass is 32.2. The summed E-state index contributed by atoms with van der Waals surface area (Å²) in [5, 5.41) is 5.20. The van der Waals surface area contributed by atoms with Gasteiger partial charge in [0.25, 0.3) is 5.91 Å². The van der Waals surface area contributed by atoms with Crippen LogP contribution in [0.4, 0.5) is 0 Å². The lowest BCUT2D eigenvalue weighted by Gasteiger charge is -2.06. The number of rotatable bonds is 5. The molecule has 0 unspecified atom stereocenters. The highest BCUT2D eigenvalue weighted by Crippen LogP contribution is 2.22. The molecule has 150 valence electrons. The van der Waals surface area contributed by atoms with E-state index in [4.69, 9.17) is 16.3 Å². The Labute approximate surface area is 172 Å². The van der Waals surface area contributed by atoms with Crippen molar-refractivity contribution in [1.29, 1.82) is 0 Å². The number of hydrogen-bond donors (Lipinski definition) is 1. The van der Waals surface area contributed by atoms with Gasteiger partial charge in [0.15, 0.2) is 4.80 Å². The predicted molar refractivity (Wildman–Crippen MR) is 112 cm³/mol. The summed E-state index contributed by atoms with van der Waals surface area (Å²) in [4.78, 5) is 17.1. The predicted octanol–water partition coefficient (Wildman–Crippen LogP) is 1.97. The topological polar surface area (TPSA) is 104 Å². The molecule has 9 heteroatoms. The summed E-state index contributed by atoms with van der Waals surface area (Å²) in [5.41, 5.74) is 2.43. The maximum absolute atomic E-state index is 12.5. The van der Waals surface area contributed by atoms with E-state index >= 15 is 0 Å². The van der Waals surface area contributed by atoms with Crippen LogP contribution in [0.1, 0.15) is 11.1 Å². The van der Waals surface area contributed by atoms with E-state index in [1.165, 1.54) is 23.5 Å². The largest absolute Gasteiger partial charge is 0.496 e. The number of methoxy groups -OCH3 is 1. The van der Waals surface area contributed by atoms with Gasteiger partial charge in [-0.3, -0.25) is 4.79 Å². The molecule has 3 aromatic rings. The molecule has 1 heterocycles. The SMILES string of the molecule is C#CCn1c(=NC(=O)Cc2ccc(OC)c(C)c2)sc2cc(S(N)(=O)=O)ccc21. The van der Waals surface area contributed by atoms with E-state index in [0.717, 1.165) is 16.9 Å². The van der Waals surface area contributed by atoms with E-state index in [9.17, 15) is 13.2 Å². The second-order valence-electron chi connectivity index (χ2n) is 6.34. The minimum atomic E-state index is -3.83. The molecule has 1 aromatic heterocycles. The number of aryl methyl sites for hydroxylation is 1. The first-order valence-electron chi connectivity index (χ1n) is 8.53. The number of hydrogen-bond acceptors (Lipinski definition) is 5. The molecule has 0 bridgehead atoms. The smallest absolute Gasteiger partial charge is 0.252 e. The van der Waals surface area contributed by atoms with Crippen LogP contribution in [0.2, 0.25) is 0 Å². The molecule has 0 fully saturated rings. The Balaban J connectivity index is 2.01. The van der Waals surface area contributed by atoms with Gasteiger partial charge in [-0.1, -0.05) is 29.4 Å². The van der Waals surface area contributed by atoms with E-state index in [-0.39, 0.29) is 23.8 Å². The van der Waals surface area contributed by atoms with Gasteiger partial charge in [0.05, 0.1) is 35.2 Å². The fourth-order valence-electron chi connectivity index (χ4n) is 2.93. The number of aromatic nitrogens is 1. The fraction of sp³-hybridized carbons (Fsp3) is 0.200. The molecule has 3 rings (SSSR count). The Morgan fingerprint density at radius 3 is 2.69 bits per heavy atom. The van der Waals surface area contributed by atoms with Crippen molar-refractivity contribution in [3.05, 3.63) is 52.3 Å². The summed E-state index contributed by atoms with van der Waals surface area (Å²) in [6, 6.07) is 9.98. The summed E-state index contributed by atoms with van der Waals surface area (Å²) >= 11 is 1.18. The lowest BCUT2D eigenvalue weighted by molar-refractivity contribution is -0.117. The number of carbonyl (C=O) groups is 1. The van der Waals surface area contributed by atoms with Gasteiger partial charge in [-0.25, -0.2) is 13.6 Å². The maximum Gasteiger partial charge on any atom is 0.252 e.